The van der Waals surface area contributed by atoms with Crippen molar-refractivity contribution in [3.63, 3.8) is 0 Å². The smallest absolute Gasteiger partial charge is 0.323 e. The zero-order valence-corrected chi connectivity index (χ0v) is 24.7. The third-order valence-electron chi connectivity index (χ3n) is 7.94. The lowest BCUT2D eigenvalue weighted by molar-refractivity contribution is -0.133. The molecule has 0 aromatic carbocycles. The molecule has 0 unspecified atom stereocenters. The second-order valence-electron chi connectivity index (χ2n) is 11.5. The number of carbonyl (C=O) groups excluding carboxylic acids is 2. The summed E-state index contributed by atoms with van der Waals surface area (Å²) in [6.07, 6.45) is 27.5. The maximum atomic E-state index is 13.2. The lowest BCUT2D eigenvalue weighted by Crippen LogP contribution is -2.47. The van der Waals surface area contributed by atoms with Crippen molar-refractivity contribution in [1.29, 1.82) is 0 Å². The Kier molecular flexibility index (Phi) is 19.1. The predicted molar refractivity (Wildman–Crippen MR) is 154 cm³/mol. The molecule has 1 aliphatic rings. The fraction of sp³-hybridized carbons (Fsp3) is 0.935. The van der Waals surface area contributed by atoms with Gasteiger partial charge in [0, 0.05) is 0 Å². The van der Waals surface area contributed by atoms with Crippen LogP contribution in [0, 0.1) is 0 Å². The summed E-state index contributed by atoms with van der Waals surface area (Å²) in [7, 11) is 2.03. The first-order valence-electron chi connectivity index (χ1n) is 15.8. The SMILES string of the molecule is CCCCCCCCCCCCCCCCCCN(C)CN1C(=O)NC(CCCC)(CCCC)C1=O. The highest BCUT2D eigenvalue weighted by molar-refractivity contribution is 6.07. The normalized spacial score (nSPS) is 15.3. The van der Waals surface area contributed by atoms with Crippen molar-refractivity contribution in [3.05, 3.63) is 0 Å². The lowest BCUT2D eigenvalue weighted by atomic mass is 9.87. The van der Waals surface area contributed by atoms with E-state index in [0.29, 0.717) is 6.67 Å². The summed E-state index contributed by atoms with van der Waals surface area (Å²) in [6, 6.07) is -0.203. The molecule has 36 heavy (non-hydrogen) atoms. The van der Waals surface area contributed by atoms with Gasteiger partial charge in [-0.3, -0.25) is 9.69 Å². The minimum Gasteiger partial charge on any atom is -0.323 e. The number of carbonyl (C=O) groups is 2. The molecule has 1 fully saturated rings. The Morgan fingerprint density at radius 1 is 0.611 bits per heavy atom. The van der Waals surface area contributed by atoms with Crippen LogP contribution in [0.25, 0.3) is 0 Å². The van der Waals surface area contributed by atoms with E-state index in [1.807, 2.05) is 7.05 Å². The standard InChI is InChI=1S/C31H61N3O2/c1-5-8-11-12-13-14-15-16-17-18-19-20-21-22-23-24-27-33(4)28-34-29(35)31(25-9-6-2,26-10-7-3)32-30(34)36/h5-28H2,1-4H3,(H,32,36). The average molecular weight is 508 g/mol. The van der Waals surface area contributed by atoms with Crippen LogP contribution in [-0.4, -0.2) is 47.5 Å². The van der Waals surface area contributed by atoms with Crippen molar-refractivity contribution in [2.24, 2.45) is 0 Å². The number of unbranched alkanes of at least 4 members (excludes halogenated alkanes) is 17. The van der Waals surface area contributed by atoms with E-state index in [1.165, 1.54) is 101 Å². The third-order valence-corrected chi connectivity index (χ3v) is 7.94. The van der Waals surface area contributed by atoms with Crippen LogP contribution in [-0.2, 0) is 4.79 Å². The second-order valence-corrected chi connectivity index (χ2v) is 11.5. The Morgan fingerprint density at radius 3 is 1.42 bits per heavy atom. The molecule has 0 aliphatic carbocycles. The maximum absolute atomic E-state index is 13.2. The number of hydrogen-bond acceptors (Lipinski definition) is 3. The molecule has 5 heteroatoms. The van der Waals surface area contributed by atoms with E-state index < -0.39 is 5.54 Å². The largest absolute Gasteiger partial charge is 0.326 e. The monoisotopic (exact) mass is 507 g/mol. The van der Waals surface area contributed by atoms with E-state index in [2.05, 4.69) is 31.0 Å². The molecule has 212 valence electrons. The summed E-state index contributed by atoms with van der Waals surface area (Å²) in [6.45, 7) is 7.90. The highest BCUT2D eigenvalue weighted by Gasteiger charge is 2.50. The molecular formula is C31H61N3O2. The Labute approximate surface area is 224 Å². The minimum absolute atomic E-state index is 0.00627. The Hall–Kier alpha value is -1.10. The highest BCUT2D eigenvalue weighted by atomic mass is 16.2. The van der Waals surface area contributed by atoms with Gasteiger partial charge in [0.05, 0.1) is 6.67 Å². The summed E-state index contributed by atoms with van der Waals surface area (Å²) >= 11 is 0. The molecule has 0 aromatic rings. The molecule has 1 aliphatic heterocycles. The van der Waals surface area contributed by atoms with Crippen LogP contribution in [0.15, 0.2) is 0 Å². The topological polar surface area (TPSA) is 52.6 Å². The summed E-state index contributed by atoms with van der Waals surface area (Å²) in [5.41, 5.74) is -0.668. The summed E-state index contributed by atoms with van der Waals surface area (Å²) in [5.74, 6) is -0.00627. The number of rotatable bonds is 25. The van der Waals surface area contributed by atoms with Gasteiger partial charge in [-0.05, 0) is 32.9 Å². The Bertz CT molecular complexity index is 558. The average Bonchev–Trinajstić information content (AvgIpc) is 3.10. The van der Waals surface area contributed by atoms with Gasteiger partial charge in [-0.25, -0.2) is 9.69 Å². The fourth-order valence-electron chi connectivity index (χ4n) is 5.47. The van der Waals surface area contributed by atoms with E-state index >= 15 is 0 Å². The van der Waals surface area contributed by atoms with Gasteiger partial charge in [0.25, 0.3) is 5.91 Å². The van der Waals surface area contributed by atoms with Crippen LogP contribution in [0.5, 0.6) is 0 Å². The number of nitrogens with zero attached hydrogens (tertiary/aromatic N) is 2. The van der Waals surface area contributed by atoms with Crippen LogP contribution in [0.3, 0.4) is 0 Å². The van der Waals surface area contributed by atoms with Crippen molar-refractivity contribution in [2.45, 2.75) is 168 Å². The Morgan fingerprint density at radius 2 is 1.00 bits per heavy atom. The van der Waals surface area contributed by atoms with E-state index in [0.717, 1.165) is 51.5 Å². The van der Waals surface area contributed by atoms with Crippen molar-refractivity contribution >= 4 is 11.9 Å². The van der Waals surface area contributed by atoms with Crippen LogP contribution in [0.4, 0.5) is 4.79 Å². The number of nitrogens with one attached hydrogen (secondary N) is 1. The number of imide groups is 1. The highest BCUT2D eigenvalue weighted by Crippen LogP contribution is 2.29. The van der Waals surface area contributed by atoms with Gasteiger partial charge in [0.1, 0.15) is 5.54 Å². The van der Waals surface area contributed by atoms with Gasteiger partial charge in [-0.15, -0.1) is 0 Å². The van der Waals surface area contributed by atoms with E-state index in [1.54, 1.807) is 0 Å². The number of urea groups is 1. The van der Waals surface area contributed by atoms with E-state index in [9.17, 15) is 9.59 Å². The zero-order valence-electron chi connectivity index (χ0n) is 24.7. The molecule has 1 heterocycles. The van der Waals surface area contributed by atoms with E-state index in [-0.39, 0.29) is 11.9 Å². The van der Waals surface area contributed by atoms with Crippen molar-refractivity contribution in [3.8, 4) is 0 Å². The molecule has 0 radical (unpaired) electrons. The Balaban J connectivity index is 2.08. The second kappa shape index (κ2) is 20.9. The minimum atomic E-state index is -0.668. The molecule has 0 saturated carbocycles. The molecule has 5 nitrogen and oxygen atoms in total. The van der Waals surface area contributed by atoms with Gasteiger partial charge in [0.15, 0.2) is 0 Å². The van der Waals surface area contributed by atoms with Crippen molar-refractivity contribution in [1.82, 2.24) is 15.1 Å². The van der Waals surface area contributed by atoms with Crippen LogP contribution >= 0.6 is 0 Å². The summed E-state index contributed by atoms with van der Waals surface area (Å²) in [4.78, 5) is 29.5. The maximum Gasteiger partial charge on any atom is 0.326 e. The molecule has 0 spiro atoms. The molecule has 0 bridgehead atoms. The van der Waals surface area contributed by atoms with Gasteiger partial charge in [-0.1, -0.05) is 143 Å². The zero-order chi connectivity index (χ0) is 26.5. The van der Waals surface area contributed by atoms with Crippen molar-refractivity contribution in [2.75, 3.05) is 20.3 Å². The molecular weight excluding hydrogens is 446 g/mol. The fourth-order valence-corrected chi connectivity index (χ4v) is 5.47. The van der Waals surface area contributed by atoms with Gasteiger partial charge in [-0.2, -0.15) is 0 Å². The van der Waals surface area contributed by atoms with Crippen LogP contribution in [0.2, 0.25) is 0 Å². The lowest BCUT2D eigenvalue weighted by Gasteiger charge is -2.27. The molecule has 1 saturated heterocycles. The molecule has 1 N–H and O–H groups in total. The first kappa shape index (κ1) is 32.9. The van der Waals surface area contributed by atoms with Crippen molar-refractivity contribution < 1.29 is 9.59 Å². The number of hydrogen-bond donors (Lipinski definition) is 1. The summed E-state index contributed by atoms with van der Waals surface area (Å²) < 4.78 is 0. The third kappa shape index (κ3) is 13.4. The first-order valence-corrected chi connectivity index (χ1v) is 15.8. The van der Waals surface area contributed by atoms with E-state index in [4.69, 9.17) is 0 Å². The molecule has 0 atom stereocenters. The van der Waals surface area contributed by atoms with Gasteiger partial charge >= 0.3 is 6.03 Å². The molecule has 0 aromatic heterocycles. The molecule has 1 rings (SSSR count). The predicted octanol–water partition coefficient (Wildman–Crippen LogP) is 8.81. The van der Waals surface area contributed by atoms with Crippen LogP contribution < -0.4 is 5.32 Å². The van der Waals surface area contributed by atoms with Gasteiger partial charge < -0.3 is 5.32 Å². The first-order chi connectivity index (χ1) is 17.5. The summed E-state index contributed by atoms with van der Waals surface area (Å²) in [5, 5.41) is 3.08. The molecule has 3 amide bonds. The van der Waals surface area contributed by atoms with Gasteiger partial charge in [0.2, 0.25) is 0 Å². The quantitative estimate of drug-likeness (QED) is 0.0992. The van der Waals surface area contributed by atoms with Crippen LogP contribution in [0.1, 0.15) is 162 Å². The number of amides is 3.